The van der Waals surface area contributed by atoms with E-state index in [2.05, 4.69) is 34.7 Å². The van der Waals surface area contributed by atoms with Crippen molar-refractivity contribution in [2.45, 2.75) is 25.9 Å². The van der Waals surface area contributed by atoms with Gasteiger partial charge in [0.15, 0.2) is 17.3 Å². The Kier molecular flexibility index (Phi) is 7.64. The fourth-order valence-electron chi connectivity index (χ4n) is 4.45. The molecule has 2 heterocycles. The molecule has 3 N–H and O–H groups in total. The highest BCUT2D eigenvalue weighted by molar-refractivity contribution is 6.32. The van der Waals surface area contributed by atoms with Gasteiger partial charge in [0.05, 0.1) is 11.6 Å². The Morgan fingerprint density at radius 2 is 1.76 bits per heavy atom. The van der Waals surface area contributed by atoms with Gasteiger partial charge in [-0.05, 0) is 54.7 Å². The smallest absolute Gasteiger partial charge is 0.288 e. The van der Waals surface area contributed by atoms with Crippen molar-refractivity contribution in [1.29, 1.82) is 0 Å². The number of hydrazine groups is 1. The van der Waals surface area contributed by atoms with Crippen molar-refractivity contribution >= 4 is 23.3 Å². The summed E-state index contributed by atoms with van der Waals surface area (Å²) in [5.74, 6) is 7.09. The highest BCUT2D eigenvalue weighted by Crippen LogP contribution is 2.27. The molecule has 1 atom stereocenters. The van der Waals surface area contributed by atoms with Crippen molar-refractivity contribution in [3.8, 4) is 17.6 Å². The van der Waals surface area contributed by atoms with E-state index in [0.29, 0.717) is 37.0 Å². The number of phenolic OH excluding ortho intramolecular Hbond substituents is 1. The van der Waals surface area contributed by atoms with Crippen LogP contribution in [-0.4, -0.2) is 44.7 Å². The van der Waals surface area contributed by atoms with Gasteiger partial charge in [0, 0.05) is 24.7 Å². The normalized spacial score (nSPS) is 15.1. The number of fused-ring (bicyclic) bond motifs is 1. The zero-order valence-electron chi connectivity index (χ0n) is 21.0. The number of nitrogens with zero attached hydrogens (tertiary/aromatic N) is 3. The lowest BCUT2D eigenvalue weighted by atomic mass is 10.1. The summed E-state index contributed by atoms with van der Waals surface area (Å²) in [6.07, 6.45) is 0.750. The average molecular weight is 526 g/mol. The molecule has 0 aliphatic carbocycles. The number of benzene rings is 3. The van der Waals surface area contributed by atoms with Crippen LogP contribution in [0.25, 0.3) is 0 Å². The number of aromatic hydroxyl groups is 1. The van der Waals surface area contributed by atoms with E-state index in [0.717, 1.165) is 17.5 Å². The summed E-state index contributed by atoms with van der Waals surface area (Å²) in [4.78, 5) is 18.7. The minimum atomic E-state index is -0.196. The number of imidazole rings is 1. The number of phenols is 1. The molecule has 0 radical (unpaired) electrons. The molecule has 0 saturated carbocycles. The summed E-state index contributed by atoms with van der Waals surface area (Å²) in [7, 11) is 0. The Morgan fingerprint density at radius 1 is 1.03 bits per heavy atom. The van der Waals surface area contributed by atoms with E-state index in [9.17, 15) is 9.90 Å². The third kappa shape index (κ3) is 5.67. The molecule has 8 heteroatoms. The fourth-order valence-corrected chi connectivity index (χ4v) is 4.65. The Bertz CT molecular complexity index is 1490. The van der Waals surface area contributed by atoms with E-state index in [1.165, 1.54) is 5.56 Å². The number of rotatable bonds is 5. The third-order valence-electron chi connectivity index (χ3n) is 6.36. The number of carbonyl (C=O) groups is 1. The second-order valence-corrected chi connectivity index (χ2v) is 9.47. The molecule has 1 amide bonds. The van der Waals surface area contributed by atoms with Crippen LogP contribution in [0, 0.1) is 11.8 Å². The first-order valence-corrected chi connectivity index (χ1v) is 12.9. The van der Waals surface area contributed by atoms with Crippen LogP contribution in [0.1, 0.15) is 39.9 Å². The SMILES string of the molecule is CCN1N[C@H](Cc2ccccc2)CNc2nc(C#Cc3ccccc3)n(Cc3ccc(O)c(Cl)c3)c2C1=O. The first kappa shape index (κ1) is 25.4. The predicted octanol–water partition coefficient (Wildman–Crippen LogP) is 4.69. The van der Waals surface area contributed by atoms with Crippen LogP contribution in [-0.2, 0) is 13.0 Å². The summed E-state index contributed by atoms with van der Waals surface area (Å²) in [5, 5.41) is 15.2. The second kappa shape index (κ2) is 11.4. The summed E-state index contributed by atoms with van der Waals surface area (Å²) < 4.78 is 1.81. The summed E-state index contributed by atoms with van der Waals surface area (Å²) in [6.45, 7) is 3.29. The zero-order chi connectivity index (χ0) is 26.5. The van der Waals surface area contributed by atoms with Crippen LogP contribution >= 0.6 is 11.6 Å². The monoisotopic (exact) mass is 525 g/mol. The molecule has 1 aromatic heterocycles. The van der Waals surface area contributed by atoms with Gasteiger partial charge in [0.2, 0.25) is 0 Å². The quantitative estimate of drug-likeness (QED) is 0.329. The molecule has 5 rings (SSSR count). The molecule has 0 spiro atoms. The molecule has 0 fully saturated rings. The van der Waals surface area contributed by atoms with Gasteiger partial charge >= 0.3 is 0 Å². The molecule has 4 aromatic rings. The number of amides is 1. The molecule has 1 aliphatic rings. The van der Waals surface area contributed by atoms with Crippen molar-refractivity contribution in [1.82, 2.24) is 20.0 Å². The van der Waals surface area contributed by atoms with Crippen molar-refractivity contribution in [2.24, 2.45) is 0 Å². The van der Waals surface area contributed by atoms with Gasteiger partial charge in [0.25, 0.3) is 5.91 Å². The number of nitrogens with one attached hydrogen (secondary N) is 2. The van der Waals surface area contributed by atoms with Crippen LogP contribution in [0.15, 0.2) is 78.9 Å². The van der Waals surface area contributed by atoms with E-state index >= 15 is 0 Å². The van der Waals surface area contributed by atoms with Crippen LogP contribution in [0.4, 0.5) is 5.82 Å². The number of hydrogen-bond donors (Lipinski definition) is 3. The van der Waals surface area contributed by atoms with Crippen LogP contribution in [0.2, 0.25) is 5.02 Å². The van der Waals surface area contributed by atoms with Crippen molar-refractivity contribution < 1.29 is 9.90 Å². The van der Waals surface area contributed by atoms with E-state index in [1.807, 2.05) is 60.0 Å². The van der Waals surface area contributed by atoms with Crippen LogP contribution in [0.5, 0.6) is 5.75 Å². The number of aromatic nitrogens is 2. The Balaban J connectivity index is 1.55. The number of halogens is 1. The maximum atomic E-state index is 13.9. The molecule has 1 aliphatic heterocycles. The van der Waals surface area contributed by atoms with Gasteiger partial charge in [0.1, 0.15) is 5.75 Å². The Hall–Kier alpha value is -4.25. The molecule has 3 aromatic carbocycles. The number of carbonyl (C=O) groups excluding carboxylic acids is 1. The topological polar surface area (TPSA) is 82.4 Å². The highest BCUT2D eigenvalue weighted by Gasteiger charge is 2.30. The Morgan fingerprint density at radius 3 is 2.47 bits per heavy atom. The van der Waals surface area contributed by atoms with Crippen LogP contribution in [0.3, 0.4) is 0 Å². The van der Waals surface area contributed by atoms with Crippen LogP contribution < -0.4 is 10.7 Å². The van der Waals surface area contributed by atoms with E-state index < -0.39 is 0 Å². The van der Waals surface area contributed by atoms with Crippen molar-refractivity contribution in [2.75, 3.05) is 18.4 Å². The van der Waals surface area contributed by atoms with Gasteiger partial charge in [-0.25, -0.2) is 10.4 Å². The molecular formula is C30H28ClN5O2. The number of hydrogen-bond acceptors (Lipinski definition) is 5. The molecular weight excluding hydrogens is 498 g/mol. The standard InChI is InChI=1S/C30H28ClN5O2/c1-2-36-30(38)28-29(32-19-24(34-36)17-22-11-7-4-8-12-22)33-27(16-14-21-9-5-3-6-10-21)35(28)20-23-13-15-26(37)25(31)18-23/h3-13,15,18,24,32,34,37H,2,17,19-20H2,1H3/t24-/m1/s1. The Labute approximate surface area is 227 Å². The van der Waals surface area contributed by atoms with E-state index in [1.54, 1.807) is 23.2 Å². The minimum Gasteiger partial charge on any atom is -0.506 e. The molecule has 192 valence electrons. The molecule has 38 heavy (non-hydrogen) atoms. The van der Waals surface area contributed by atoms with Gasteiger partial charge in [-0.15, -0.1) is 0 Å². The summed E-state index contributed by atoms with van der Waals surface area (Å²) in [5.41, 5.74) is 6.66. The van der Waals surface area contributed by atoms with E-state index in [4.69, 9.17) is 16.6 Å². The maximum absolute atomic E-state index is 13.9. The first-order chi connectivity index (χ1) is 18.5. The zero-order valence-corrected chi connectivity index (χ0v) is 21.7. The van der Waals surface area contributed by atoms with Gasteiger partial charge in [-0.3, -0.25) is 9.80 Å². The minimum absolute atomic E-state index is 0.00372. The van der Waals surface area contributed by atoms with Gasteiger partial charge in [-0.1, -0.05) is 72.1 Å². The lowest BCUT2D eigenvalue weighted by Crippen LogP contribution is -2.53. The fraction of sp³-hybridized carbons (Fsp3) is 0.200. The third-order valence-corrected chi connectivity index (χ3v) is 6.66. The first-order valence-electron chi connectivity index (χ1n) is 12.5. The predicted molar refractivity (Wildman–Crippen MR) is 149 cm³/mol. The second-order valence-electron chi connectivity index (χ2n) is 9.07. The lowest BCUT2D eigenvalue weighted by Gasteiger charge is -2.31. The lowest BCUT2D eigenvalue weighted by molar-refractivity contribution is 0.0621. The molecule has 7 nitrogen and oxygen atoms in total. The van der Waals surface area contributed by atoms with Crippen molar-refractivity contribution in [3.05, 3.63) is 112 Å². The molecule has 0 bridgehead atoms. The molecule has 0 unspecified atom stereocenters. The van der Waals surface area contributed by atoms with Gasteiger partial charge in [-0.2, -0.15) is 0 Å². The summed E-state index contributed by atoms with van der Waals surface area (Å²) >= 11 is 6.18. The van der Waals surface area contributed by atoms with E-state index in [-0.39, 0.29) is 22.7 Å². The van der Waals surface area contributed by atoms with Gasteiger partial charge < -0.3 is 15.0 Å². The average Bonchev–Trinajstić information content (AvgIpc) is 3.27. The van der Waals surface area contributed by atoms with Crippen molar-refractivity contribution in [3.63, 3.8) is 0 Å². The molecule has 0 saturated heterocycles. The summed E-state index contributed by atoms with van der Waals surface area (Å²) in [6, 6.07) is 24.8. The highest BCUT2D eigenvalue weighted by atomic mass is 35.5. The number of anilines is 1. The largest absolute Gasteiger partial charge is 0.506 e. The maximum Gasteiger partial charge on any atom is 0.288 e.